The summed E-state index contributed by atoms with van der Waals surface area (Å²) in [4.78, 5) is 10.9. The van der Waals surface area contributed by atoms with Crippen molar-refractivity contribution in [3.8, 4) is 0 Å². The summed E-state index contributed by atoms with van der Waals surface area (Å²) >= 11 is 0. The number of hydrogen-bond donors (Lipinski definition) is 1. The van der Waals surface area contributed by atoms with Crippen molar-refractivity contribution in [1.29, 1.82) is 0 Å². The Hall–Kier alpha value is -1.43. The van der Waals surface area contributed by atoms with Gasteiger partial charge in [0, 0.05) is 6.92 Å². The minimum absolute atomic E-state index is 0.0908. The second-order valence-corrected chi connectivity index (χ2v) is 5.85. The van der Waals surface area contributed by atoms with Gasteiger partial charge in [-0.05, 0) is 17.4 Å². The van der Waals surface area contributed by atoms with Crippen LogP contribution in [0, 0.1) is 11.8 Å². The van der Waals surface area contributed by atoms with E-state index in [2.05, 4.69) is 0 Å². The minimum atomic E-state index is -1.02. The first-order valence-electron chi connectivity index (χ1n) is 7.61. The smallest absolute Gasteiger partial charge is 0.302 e. The van der Waals surface area contributed by atoms with Gasteiger partial charge in [-0.25, -0.2) is 0 Å². The molecule has 0 bridgehead atoms. The number of esters is 1. The van der Waals surface area contributed by atoms with Crippen molar-refractivity contribution in [3.63, 3.8) is 0 Å². The molecule has 5 nitrogen and oxygen atoms in total. The van der Waals surface area contributed by atoms with Crippen molar-refractivity contribution in [1.82, 2.24) is 0 Å². The molecule has 1 aliphatic rings. The molecule has 5 atom stereocenters. The molecule has 1 aromatic rings. The molecule has 3 unspecified atom stereocenters. The monoisotopic (exact) mass is 308 g/mol. The summed E-state index contributed by atoms with van der Waals surface area (Å²) in [6.07, 6.45) is -1.73. The number of aliphatic hydroxyl groups excluding tert-OH is 1. The van der Waals surface area contributed by atoms with Crippen LogP contribution in [0.25, 0.3) is 0 Å². The van der Waals surface area contributed by atoms with Crippen LogP contribution >= 0.6 is 0 Å². The Labute approximate surface area is 131 Å². The van der Waals surface area contributed by atoms with E-state index >= 15 is 0 Å². The summed E-state index contributed by atoms with van der Waals surface area (Å²) in [5, 5.41) is 10.2. The van der Waals surface area contributed by atoms with E-state index in [0.29, 0.717) is 6.61 Å². The van der Waals surface area contributed by atoms with Gasteiger partial charge in [-0.3, -0.25) is 4.79 Å². The standard InChI is InChI=1S/C17H24O5/c1-11-12(2)16(21-9-14-7-5-4-6-8-14)17(19)22-15(11)10-20-13(3)18/h4-8,11-12,15-17,19H,9-10H2,1-3H3/t11-,12-,15?,16?,17?/m0/s1. The van der Waals surface area contributed by atoms with E-state index in [4.69, 9.17) is 14.2 Å². The van der Waals surface area contributed by atoms with Crippen LogP contribution in [0.3, 0.4) is 0 Å². The summed E-state index contributed by atoms with van der Waals surface area (Å²) in [6, 6.07) is 9.81. The molecule has 2 rings (SSSR count). The molecule has 122 valence electrons. The van der Waals surface area contributed by atoms with Crippen LogP contribution in [0.5, 0.6) is 0 Å². The fourth-order valence-electron chi connectivity index (χ4n) is 2.67. The van der Waals surface area contributed by atoms with Gasteiger partial charge in [0.1, 0.15) is 12.7 Å². The van der Waals surface area contributed by atoms with Crippen molar-refractivity contribution in [3.05, 3.63) is 35.9 Å². The summed E-state index contributed by atoms with van der Waals surface area (Å²) in [5.74, 6) is -0.142. The maximum atomic E-state index is 10.9. The lowest BCUT2D eigenvalue weighted by Crippen LogP contribution is -2.51. The minimum Gasteiger partial charge on any atom is -0.463 e. The number of ether oxygens (including phenoxy) is 3. The molecule has 0 spiro atoms. The molecule has 22 heavy (non-hydrogen) atoms. The van der Waals surface area contributed by atoms with Gasteiger partial charge in [0.25, 0.3) is 0 Å². The second kappa shape index (κ2) is 7.72. The van der Waals surface area contributed by atoms with E-state index < -0.39 is 12.4 Å². The highest BCUT2D eigenvalue weighted by Gasteiger charge is 2.41. The lowest BCUT2D eigenvalue weighted by molar-refractivity contribution is -0.270. The zero-order valence-electron chi connectivity index (χ0n) is 13.3. The fourth-order valence-corrected chi connectivity index (χ4v) is 2.67. The van der Waals surface area contributed by atoms with E-state index in [-0.39, 0.29) is 30.5 Å². The fraction of sp³-hybridized carbons (Fsp3) is 0.588. The summed E-state index contributed by atoms with van der Waals surface area (Å²) in [7, 11) is 0. The molecular weight excluding hydrogens is 284 g/mol. The van der Waals surface area contributed by atoms with Gasteiger partial charge in [0.05, 0.1) is 12.7 Å². The van der Waals surface area contributed by atoms with Gasteiger partial charge < -0.3 is 19.3 Å². The molecule has 1 fully saturated rings. The van der Waals surface area contributed by atoms with Crippen molar-refractivity contribution in [2.75, 3.05) is 6.61 Å². The topological polar surface area (TPSA) is 65.0 Å². The molecule has 0 saturated carbocycles. The number of carbonyl (C=O) groups is 1. The second-order valence-electron chi connectivity index (χ2n) is 5.85. The zero-order valence-corrected chi connectivity index (χ0v) is 13.3. The third kappa shape index (κ3) is 4.29. The number of aliphatic hydroxyl groups is 1. The molecular formula is C17H24O5. The lowest BCUT2D eigenvalue weighted by atomic mass is 9.83. The molecule has 0 amide bonds. The Morgan fingerprint density at radius 2 is 1.91 bits per heavy atom. The average molecular weight is 308 g/mol. The Morgan fingerprint density at radius 3 is 2.55 bits per heavy atom. The summed E-state index contributed by atoms with van der Waals surface area (Å²) < 4.78 is 16.4. The molecule has 0 aliphatic carbocycles. The van der Waals surface area contributed by atoms with Crippen LogP contribution in [-0.2, 0) is 25.6 Å². The largest absolute Gasteiger partial charge is 0.463 e. The van der Waals surface area contributed by atoms with E-state index in [1.54, 1.807) is 0 Å². The van der Waals surface area contributed by atoms with Crippen molar-refractivity contribution >= 4 is 5.97 Å². The molecule has 5 heteroatoms. The molecule has 1 saturated heterocycles. The molecule has 1 aliphatic heterocycles. The van der Waals surface area contributed by atoms with Crippen LogP contribution in [0.15, 0.2) is 30.3 Å². The number of hydrogen-bond acceptors (Lipinski definition) is 5. The van der Waals surface area contributed by atoms with Crippen molar-refractivity contribution in [2.45, 2.75) is 45.9 Å². The number of benzene rings is 1. The highest BCUT2D eigenvalue weighted by atomic mass is 16.7. The summed E-state index contributed by atoms with van der Waals surface area (Å²) in [5.41, 5.74) is 1.05. The highest BCUT2D eigenvalue weighted by Crippen LogP contribution is 2.32. The van der Waals surface area contributed by atoms with Crippen LogP contribution in [0.2, 0.25) is 0 Å². The molecule has 1 heterocycles. The Kier molecular flexibility index (Phi) is 5.94. The maximum absolute atomic E-state index is 10.9. The maximum Gasteiger partial charge on any atom is 0.302 e. The van der Waals surface area contributed by atoms with Crippen molar-refractivity contribution < 1.29 is 24.1 Å². The lowest BCUT2D eigenvalue weighted by Gasteiger charge is -2.42. The van der Waals surface area contributed by atoms with Gasteiger partial charge in [0.15, 0.2) is 6.29 Å². The quantitative estimate of drug-likeness (QED) is 0.844. The number of rotatable bonds is 5. The van der Waals surface area contributed by atoms with Gasteiger partial charge in [-0.15, -0.1) is 0 Å². The van der Waals surface area contributed by atoms with Crippen LogP contribution in [-0.4, -0.2) is 36.2 Å². The van der Waals surface area contributed by atoms with Gasteiger partial charge >= 0.3 is 5.97 Å². The Balaban J connectivity index is 1.92. The van der Waals surface area contributed by atoms with E-state index in [1.165, 1.54) is 6.92 Å². The van der Waals surface area contributed by atoms with E-state index in [0.717, 1.165) is 5.56 Å². The van der Waals surface area contributed by atoms with Crippen LogP contribution in [0.4, 0.5) is 0 Å². The van der Waals surface area contributed by atoms with Crippen molar-refractivity contribution in [2.24, 2.45) is 11.8 Å². The predicted octanol–water partition coefficient (Wildman–Crippen LogP) is 2.12. The predicted molar refractivity (Wildman–Crippen MR) is 80.9 cm³/mol. The first kappa shape index (κ1) is 16.9. The molecule has 0 radical (unpaired) electrons. The normalized spacial score (nSPS) is 31.7. The van der Waals surface area contributed by atoms with E-state index in [9.17, 15) is 9.90 Å². The third-order valence-corrected chi connectivity index (χ3v) is 4.27. The van der Waals surface area contributed by atoms with Gasteiger partial charge in [-0.1, -0.05) is 44.2 Å². The van der Waals surface area contributed by atoms with Crippen LogP contribution in [0.1, 0.15) is 26.3 Å². The Morgan fingerprint density at radius 1 is 1.23 bits per heavy atom. The zero-order chi connectivity index (χ0) is 16.1. The molecule has 1 N–H and O–H groups in total. The SMILES string of the molecule is CC(=O)OCC1OC(O)C(OCc2ccccc2)[C@@H](C)[C@@H]1C. The first-order chi connectivity index (χ1) is 10.5. The average Bonchev–Trinajstić information content (AvgIpc) is 2.50. The van der Waals surface area contributed by atoms with Gasteiger partial charge in [-0.2, -0.15) is 0 Å². The van der Waals surface area contributed by atoms with Crippen LogP contribution < -0.4 is 0 Å². The summed E-state index contributed by atoms with van der Waals surface area (Å²) in [6.45, 7) is 5.98. The van der Waals surface area contributed by atoms with Gasteiger partial charge in [0.2, 0.25) is 0 Å². The van der Waals surface area contributed by atoms with E-state index in [1.807, 2.05) is 44.2 Å². The molecule has 0 aromatic heterocycles. The first-order valence-corrected chi connectivity index (χ1v) is 7.61. The highest BCUT2D eigenvalue weighted by molar-refractivity contribution is 5.65. The third-order valence-electron chi connectivity index (χ3n) is 4.27. The number of carbonyl (C=O) groups excluding carboxylic acids is 1. The molecule has 1 aromatic carbocycles. The Bertz CT molecular complexity index is 475.